The monoisotopic (exact) mass is 224 g/mol. The first-order valence-electron chi connectivity index (χ1n) is 4.77. The molecule has 0 aromatic carbocycles. The van der Waals surface area contributed by atoms with E-state index in [0.29, 0.717) is 0 Å². The smallest absolute Gasteiger partial charge is 0.0538 e. The van der Waals surface area contributed by atoms with Gasteiger partial charge in [0, 0.05) is 17.4 Å². The highest BCUT2D eigenvalue weighted by molar-refractivity contribution is 4.97. The van der Waals surface area contributed by atoms with E-state index in [-0.39, 0.29) is 13.0 Å². The Morgan fingerprint density at radius 1 is 0.533 bits per heavy atom. The molecule has 0 amide bonds. The van der Waals surface area contributed by atoms with Gasteiger partial charge < -0.3 is 30.6 Å². The van der Waals surface area contributed by atoms with E-state index in [1.807, 2.05) is 0 Å². The largest absolute Gasteiger partial charge is 0.396 e. The van der Waals surface area contributed by atoms with Crippen LogP contribution in [0, 0.1) is 10.8 Å². The van der Waals surface area contributed by atoms with Crippen LogP contribution in [-0.2, 0) is 0 Å². The van der Waals surface area contributed by atoms with Crippen molar-refractivity contribution in [1.29, 1.82) is 0 Å². The molecule has 6 N–H and O–H groups in total. The van der Waals surface area contributed by atoms with Gasteiger partial charge in [-0.05, 0) is 6.42 Å². The summed E-state index contributed by atoms with van der Waals surface area (Å²) in [6, 6.07) is 0. The summed E-state index contributed by atoms with van der Waals surface area (Å²) < 4.78 is 0. The minimum atomic E-state index is -1.40. The molecule has 0 spiro atoms. The van der Waals surface area contributed by atoms with Crippen LogP contribution in [0.2, 0.25) is 0 Å². The zero-order chi connectivity index (χ0) is 11.9. The zero-order valence-electron chi connectivity index (χ0n) is 8.63. The van der Waals surface area contributed by atoms with Gasteiger partial charge in [0.05, 0.1) is 33.0 Å². The van der Waals surface area contributed by atoms with Crippen LogP contribution in [0.1, 0.15) is 6.42 Å². The van der Waals surface area contributed by atoms with E-state index in [4.69, 9.17) is 5.11 Å². The third-order valence-corrected chi connectivity index (χ3v) is 3.23. The third kappa shape index (κ3) is 2.47. The summed E-state index contributed by atoms with van der Waals surface area (Å²) in [6.07, 6.45) is -0.0122. The van der Waals surface area contributed by atoms with Gasteiger partial charge in [-0.25, -0.2) is 0 Å². The quantitative estimate of drug-likeness (QED) is 0.267. The second-order valence-corrected chi connectivity index (χ2v) is 3.82. The molecule has 0 fully saturated rings. The van der Waals surface area contributed by atoms with E-state index >= 15 is 0 Å². The van der Waals surface area contributed by atoms with Crippen molar-refractivity contribution >= 4 is 0 Å². The molecule has 0 saturated carbocycles. The maximum atomic E-state index is 9.23. The van der Waals surface area contributed by atoms with E-state index in [0.717, 1.165) is 0 Å². The maximum absolute atomic E-state index is 9.23. The number of aliphatic hydroxyl groups excluding tert-OH is 6. The minimum Gasteiger partial charge on any atom is -0.396 e. The molecule has 0 bridgehead atoms. The highest BCUT2D eigenvalue weighted by Gasteiger charge is 2.49. The van der Waals surface area contributed by atoms with Gasteiger partial charge in [0.1, 0.15) is 0 Å². The molecule has 92 valence electrons. The Kier molecular flexibility index (Phi) is 6.26. The number of hydrogen-bond acceptors (Lipinski definition) is 6. The lowest BCUT2D eigenvalue weighted by Crippen LogP contribution is -2.55. The third-order valence-electron chi connectivity index (χ3n) is 3.23. The fourth-order valence-corrected chi connectivity index (χ4v) is 1.68. The summed E-state index contributed by atoms with van der Waals surface area (Å²) in [5, 5.41) is 54.8. The van der Waals surface area contributed by atoms with Crippen LogP contribution in [0.15, 0.2) is 0 Å². The van der Waals surface area contributed by atoms with Crippen LogP contribution in [0.3, 0.4) is 0 Å². The molecule has 0 aliphatic rings. The number of rotatable bonds is 8. The summed E-state index contributed by atoms with van der Waals surface area (Å²) in [7, 11) is 0. The van der Waals surface area contributed by atoms with Crippen LogP contribution < -0.4 is 0 Å². The predicted molar refractivity (Wildman–Crippen MR) is 52.0 cm³/mol. The van der Waals surface area contributed by atoms with Crippen molar-refractivity contribution in [3.8, 4) is 0 Å². The van der Waals surface area contributed by atoms with Gasteiger partial charge in [0.15, 0.2) is 0 Å². The van der Waals surface area contributed by atoms with E-state index in [1.54, 1.807) is 0 Å². The number of aliphatic hydroxyl groups is 6. The fourth-order valence-electron chi connectivity index (χ4n) is 1.68. The molecule has 0 rings (SSSR count). The lowest BCUT2D eigenvalue weighted by Gasteiger charge is -2.45. The van der Waals surface area contributed by atoms with E-state index < -0.39 is 43.9 Å². The van der Waals surface area contributed by atoms with Gasteiger partial charge in [-0.3, -0.25) is 0 Å². The van der Waals surface area contributed by atoms with Crippen molar-refractivity contribution in [2.24, 2.45) is 10.8 Å². The van der Waals surface area contributed by atoms with Crippen LogP contribution in [0.5, 0.6) is 0 Å². The number of hydrogen-bond donors (Lipinski definition) is 6. The average Bonchev–Trinajstić information content (AvgIpc) is 2.30. The lowest BCUT2D eigenvalue weighted by molar-refractivity contribution is -0.143. The summed E-state index contributed by atoms with van der Waals surface area (Å²) in [6.45, 7) is -3.14. The van der Waals surface area contributed by atoms with Gasteiger partial charge in [0.2, 0.25) is 0 Å². The highest BCUT2D eigenvalue weighted by atomic mass is 16.3. The maximum Gasteiger partial charge on any atom is 0.0538 e. The van der Waals surface area contributed by atoms with Crippen LogP contribution in [0.4, 0.5) is 0 Å². The summed E-state index contributed by atoms with van der Waals surface area (Å²) in [4.78, 5) is 0. The molecule has 0 saturated heterocycles. The van der Waals surface area contributed by atoms with Crippen LogP contribution in [-0.4, -0.2) is 70.3 Å². The molecule has 0 radical (unpaired) electrons. The highest BCUT2D eigenvalue weighted by Crippen LogP contribution is 2.41. The first-order chi connectivity index (χ1) is 7.11. The molecule has 6 nitrogen and oxygen atoms in total. The predicted octanol–water partition coefficient (Wildman–Crippen LogP) is -2.70. The van der Waals surface area contributed by atoms with Crippen LogP contribution in [0.25, 0.3) is 0 Å². The molecule has 0 atom stereocenters. The first-order valence-corrected chi connectivity index (χ1v) is 4.77. The van der Waals surface area contributed by atoms with Gasteiger partial charge in [-0.1, -0.05) is 0 Å². The zero-order valence-corrected chi connectivity index (χ0v) is 8.63. The van der Waals surface area contributed by atoms with Gasteiger partial charge in [0.25, 0.3) is 0 Å². The van der Waals surface area contributed by atoms with Gasteiger partial charge in [-0.15, -0.1) is 0 Å². The Labute approximate surface area is 88.4 Å². The van der Waals surface area contributed by atoms with Crippen molar-refractivity contribution in [1.82, 2.24) is 0 Å². The minimum absolute atomic E-state index is 0.0122. The molecule has 0 aromatic heterocycles. The van der Waals surface area contributed by atoms with E-state index in [9.17, 15) is 25.5 Å². The van der Waals surface area contributed by atoms with Crippen molar-refractivity contribution in [3.05, 3.63) is 0 Å². The van der Waals surface area contributed by atoms with Gasteiger partial charge in [-0.2, -0.15) is 0 Å². The summed E-state index contributed by atoms with van der Waals surface area (Å²) in [5.41, 5.74) is -2.70. The lowest BCUT2D eigenvalue weighted by atomic mass is 9.63. The van der Waals surface area contributed by atoms with E-state index in [1.165, 1.54) is 0 Å². The van der Waals surface area contributed by atoms with Crippen molar-refractivity contribution in [3.63, 3.8) is 0 Å². The Hall–Kier alpha value is -0.240. The molecule has 15 heavy (non-hydrogen) atoms. The summed E-state index contributed by atoms with van der Waals surface area (Å²) in [5.74, 6) is 0. The molecule has 6 heteroatoms. The standard InChI is InChI=1S/C9H20O6/c10-2-1-8(3-11,4-12)9(5-13,6-14)7-15/h10-15H,1-7H2. The molecular formula is C9H20O6. The second-order valence-electron chi connectivity index (χ2n) is 3.82. The van der Waals surface area contributed by atoms with Gasteiger partial charge >= 0.3 is 0 Å². The molecule has 0 aromatic rings. The van der Waals surface area contributed by atoms with Crippen molar-refractivity contribution < 1.29 is 30.6 Å². The van der Waals surface area contributed by atoms with Crippen molar-refractivity contribution in [2.75, 3.05) is 39.6 Å². The second kappa shape index (κ2) is 6.37. The average molecular weight is 224 g/mol. The molecular weight excluding hydrogens is 204 g/mol. The Balaban J connectivity index is 5.13. The Morgan fingerprint density at radius 2 is 0.867 bits per heavy atom. The topological polar surface area (TPSA) is 121 Å². The van der Waals surface area contributed by atoms with Crippen molar-refractivity contribution in [2.45, 2.75) is 6.42 Å². The summed E-state index contributed by atoms with van der Waals surface area (Å²) >= 11 is 0. The molecule has 0 unspecified atom stereocenters. The fraction of sp³-hybridized carbons (Fsp3) is 1.00. The molecule has 0 aliphatic carbocycles. The molecule has 0 heterocycles. The normalized spacial score (nSPS) is 13.2. The SMILES string of the molecule is OCCC(CO)(CO)C(CO)(CO)CO. The Morgan fingerprint density at radius 3 is 1.07 bits per heavy atom. The Bertz CT molecular complexity index is 156. The molecule has 0 aliphatic heterocycles. The van der Waals surface area contributed by atoms with Crippen LogP contribution >= 0.6 is 0 Å². The van der Waals surface area contributed by atoms with E-state index in [2.05, 4.69) is 0 Å². The first kappa shape index (κ1) is 14.8.